The van der Waals surface area contributed by atoms with Gasteiger partial charge in [0.15, 0.2) is 5.65 Å². The highest BCUT2D eigenvalue weighted by Gasteiger charge is 2.16. The van der Waals surface area contributed by atoms with Gasteiger partial charge < -0.3 is 9.80 Å². The van der Waals surface area contributed by atoms with Crippen molar-refractivity contribution >= 4 is 22.6 Å². The number of anilines is 1. The zero-order valence-corrected chi connectivity index (χ0v) is 16.1. The second-order valence-electron chi connectivity index (χ2n) is 6.65. The molecule has 27 heavy (non-hydrogen) atoms. The summed E-state index contributed by atoms with van der Waals surface area (Å²) in [5, 5.41) is 4.46. The Balaban J connectivity index is 1.75. The number of aryl methyl sites for hydroxylation is 1. The number of carbonyl (C=O) groups excluding carboxylic acids is 1. The molecule has 0 atom stereocenters. The molecule has 2 heterocycles. The van der Waals surface area contributed by atoms with Gasteiger partial charge in [-0.1, -0.05) is 12.1 Å². The number of amides is 1. The van der Waals surface area contributed by atoms with E-state index in [-0.39, 0.29) is 18.0 Å². The number of fused-ring (bicyclic) bond motifs is 1. The third-order valence-corrected chi connectivity index (χ3v) is 4.58. The highest BCUT2D eigenvalue weighted by Crippen LogP contribution is 2.14. The maximum absolute atomic E-state index is 12.7. The fraction of sp³-hybridized carbons (Fsp3) is 0.368. The van der Waals surface area contributed by atoms with Crippen LogP contribution in [0.1, 0.15) is 12.5 Å². The van der Waals surface area contributed by atoms with Gasteiger partial charge in [0.2, 0.25) is 5.91 Å². The van der Waals surface area contributed by atoms with Crippen molar-refractivity contribution in [2.24, 2.45) is 7.05 Å². The molecule has 3 aromatic rings. The smallest absolute Gasteiger partial charge is 0.264 e. The van der Waals surface area contributed by atoms with Crippen molar-refractivity contribution in [2.45, 2.75) is 20.0 Å². The van der Waals surface area contributed by atoms with Crippen molar-refractivity contribution in [3.8, 4) is 0 Å². The summed E-state index contributed by atoms with van der Waals surface area (Å²) in [4.78, 5) is 33.3. The van der Waals surface area contributed by atoms with E-state index in [1.54, 1.807) is 16.6 Å². The molecule has 0 N–H and O–H groups in total. The second kappa shape index (κ2) is 7.61. The molecule has 0 spiro atoms. The van der Waals surface area contributed by atoms with Crippen molar-refractivity contribution in [2.75, 3.05) is 25.5 Å². The van der Waals surface area contributed by atoms with Crippen LogP contribution in [0.3, 0.4) is 0 Å². The lowest BCUT2D eigenvalue weighted by Gasteiger charge is -2.22. The fourth-order valence-electron chi connectivity index (χ4n) is 2.92. The standard InChI is InChI=1S/C19H24N6O2/c1-5-24(11-14-6-8-15(9-7-14)22(2)3)17(26)12-25-13-20-18-16(19(25)27)10-21-23(18)4/h6-10,13H,5,11-12H2,1-4H3. The van der Waals surface area contributed by atoms with E-state index in [4.69, 9.17) is 0 Å². The Hall–Kier alpha value is -3.16. The Morgan fingerprint density at radius 1 is 1.19 bits per heavy atom. The van der Waals surface area contributed by atoms with Gasteiger partial charge in [0, 0.05) is 39.9 Å². The summed E-state index contributed by atoms with van der Waals surface area (Å²) in [7, 11) is 5.70. The van der Waals surface area contributed by atoms with Crippen LogP contribution in [-0.4, -0.2) is 50.8 Å². The molecule has 0 saturated carbocycles. The van der Waals surface area contributed by atoms with Gasteiger partial charge in [0.25, 0.3) is 5.56 Å². The van der Waals surface area contributed by atoms with E-state index >= 15 is 0 Å². The number of hydrogen-bond acceptors (Lipinski definition) is 5. The predicted molar refractivity (Wildman–Crippen MR) is 105 cm³/mol. The van der Waals surface area contributed by atoms with Crippen LogP contribution in [0.25, 0.3) is 11.0 Å². The predicted octanol–water partition coefficient (Wildman–Crippen LogP) is 1.24. The third kappa shape index (κ3) is 3.84. The molecular formula is C19H24N6O2. The van der Waals surface area contributed by atoms with Crippen molar-refractivity contribution in [3.05, 3.63) is 52.7 Å². The first kappa shape index (κ1) is 18.6. The van der Waals surface area contributed by atoms with Gasteiger partial charge in [-0.15, -0.1) is 0 Å². The summed E-state index contributed by atoms with van der Waals surface area (Å²) in [6.07, 6.45) is 2.89. The molecule has 0 aliphatic heterocycles. The number of hydrogen-bond donors (Lipinski definition) is 0. The molecule has 0 fully saturated rings. The monoisotopic (exact) mass is 368 g/mol. The number of benzene rings is 1. The minimum absolute atomic E-state index is 0.0414. The Bertz CT molecular complexity index is 1000. The summed E-state index contributed by atoms with van der Waals surface area (Å²) < 4.78 is 2.88. The van der Waals surface area contributed by atoms with E-state index in [9.17, 15) is 9.59 Å². The summed E-state index contributed by atoms with van der Waals surface area (Å²) in [6, 6.07) is 8.08. The molecule has 142 valence electrons. The Labute approximate surface area is 157 Å². The molecule has 8 heteroatoms. The zero-order chi connectivity index (χ0) is 19.6. The minimum Gasteiger partial charge on any atom is -0.378 e. The second-order valence-corrected chi connectivity index (χ2v) is 6.65. The molecule has 0 saturated heterocycles. The number of carbonyl (C=O) groups is 1. The van der Waals surface area contributed by atoms with Crippen LogP contribution in [0.15, 0.2) is 41.6 Å². The summed E-state index contributed by atoms with van der Waals surface area (Å²) >= 11 is 0. The molecule has 0 unspecified atom stereocenters. The van der Waals surface area contributed by atoms with Crippen LogP contribution < -0.4 is 10.5 Å². The zero-order valence-electron chi connectivity index (χ0n) is 16.1. The van der Waals surface area contributed by atoms with Crippen LogP contribution in [0.4, 0.5) is 5.69 Å². The number of aromatic nitrogens is 4. The van der Waals surface area contributed by atoms with Crippen LogP contribution >= 0.6 is 0 Å². The summed E-state index contributed by atoms with van der Waals surface area (Å²) in [6.45, 7) is 2.95. The first-order valence-electron chi connectivity index (χ1n) is 8.82. The highest BCUT2D eigenvalue weighted by molar-refractivity contribution is 5.77. The highest BCUT2D eigenvalue weighted by atomic mass is 16.2. The maximum atomic E-state index is 12.7. The largest absolute Gasteiger partial charge is 0.378 e. The fourth-order valence-corrected chi connectivity index (χ4v) is 2.92. The number of nitrogens with zero attached hydrogens (tertiary/aromatic N) is 6. The van der Waals surface area contributed by atoms with Crippen LogP contribution in [0.2, 0.25) is 0 Å². The Morgan fingerprint density at radius 2 is 1.89 bits per heavy atom. The van der Waals surface area contributed by atoms with Crippen LogP contribution in [-0.2, 0) is 24.9 Å². The van der Waals surface area contributed by atoms with E-state index in [1.165, 1.54) is 17.1 Å². The van der Waals surface area contributed by atoms with Crippen molar-refractivity contribution < 1.29 is 4.79 Å². The third-order valence-electron chi connectivity index (χ3n) is 4.58. The molecule has 3 rings (SSSR count). The summed E-state index contributed by atoms with van der Waals surface area (Å²) in [5.74, 6) is -0.124. The van der Waals surface area contributed by atoms with Gasteiger partial charge in [-0.05, 0) is 24.6 Å². The lowest BCUT2D eigenvalue weighted by molar-refractivity contribution is -0.132. The minimum atomic E-state index is -0.257. The first-order chi connectivity index (χ1) is 12.9. The van der Waals surface area contributed by atoms with E-state index in [0.29, 0.717) is 24.1 Å². The number of likely N-dealkylation sites (N-methyl/N-ethyl adjacent to an activating group) is 1. The lowest BCUT2D eigenvalue weighted by atomic mass is 10.2. The van der Waals surface area contributed by atoms with E-state index in [2.05, 4.69) is 10.1 Å². The van der Waals surface area contributed by atoms with Gasteiger partial charge in [0.05, 0.1) is 6.20 Å². The molecule has 1 amide bonds. The van der Waals surface area contributed by atoms with Gasteiger partial charge in [-0.2, -0.15) is 5.10 Å². The van der Waals surface area contributed by atoms with Crippen molar-refractivity contribution in [1.82, 2.24) is 24.2 Å². The van der Waals surface area contributed by atoms with E-state index in [0.717, 1.165) is 11.3 Å². The van der Waals surface area contributed by atoms with Crippen LogP contribution in [0.5, 0.6) is 0 Å². The molecule has 2 aromatic heterocycles. The van der Waals surface area contributed by atoms with Crippen LogP contribution in [0, 0.1) is 0 Å². The maximum Gasteiger partial charge on any atom is 0.264 e. The molecule has 1 aromatic carbocycles. The molecule has 0 aliphatic carbocycles. The Kier molecular flexibility index (Phi) is 5.25. The van der Waals surface area contributed by atoms with Gasteiger partial charge in [0.1, 0.15) is 18.3 Å². The Morgan fingerprint density at radius 3 is 2.52 bits per heavy atom. The van der Waals surface area contributed by atoms with Crippen molar-refractivity contribution in [1.29, 1.82) is 0 Å². The molecular weight excluding hydrogens is 344 g/mol. The van der Waals surface area contributed by atoms with Gasteiger partial charge >= 0.3 is 0 Å². The van der Waals surface area contributed by atoms with Crippen molar-refractivity contribution in [3.63, 3.8) is 0 Å². The van der Waals surface area contributed by atoms with Gasteiger partial charge in [-0.25, -0.2) is 4.98 Å². The molecule has 8 nitrogen and oxygen atoms in total. The molecule has 0 radical (unpaired) electrons. The number of rotatable bonds is 6. The first-order valence-corrected chi connectivity index (χ1v) is 8.82. The normalized spacial score (nSPS) is 11.0. The topological polar surface area (TPSA) is 76.3 Å². The average molecular weight is 368 g/mol. The molecule has 0 bridgehead atoms. The summed E-state index contributed by atoms with van der Waals surface area (Å²) in [5.41, 5.74) is 2.41. The van der Waals surface area contributed by atoms with E-state index < -0.39 is 0 Å². The van der Waals surface area contributed by atoms with Gasteiger partial charge in [-0.3, -0.25) is 18.8 Å². The van der Waals surface area contributed by atoms with E-state index in [1.807, 2.05) is 50.2 Å². The lowest BCUT2D eigenvalue weighted by Crippen LogP contribution is -2.36. The SMILES string of the molecule is CCN(Cc1ccc(N(C)C)cc1)C(=O)Cn1cnc2c(cnn2C)c1=O. The quantitative estimate of drug-likeness (QED) is 0.654. The molecule has 0 aliphatic rings. The average Bonchev–Trinajstić information content (AvgIpc) is 3.04.